The van der Waals surface area contributed by atoms with Crippen LogP contribution in [-0.4, -0.2) is 18.9 Å². The highest BCUT2D eigenvalue weighted by Gasteiger charge is 2.22. The molecule has 3 aromatic carbocycles. The first-order valence-corrected chi connectivity index (χ1v) is 15.0. The Labute approximate surface area is 205 Å². The van der Waals surface area contributed by atoms with Crippen LogP contribution in [0.2, 0.25) is 13.1 Å². The number of ether oxygens (including phenoxy) is 1. The van der Waals surface area contributed by atoms with Gasteiger partial charge in [-0.2, -0.15) is 0 Å². The molecule has 1 N–H and O–H groups in total. The van der Waals surface area contributed by atoms with Crippen LogP contribution in [-0.2, 0) is 18.3 Å². The third-order valence-electron chi connectivity index (χ3n) is 6.51. The molecule has 0 fully saturated rings. The van der Waals surface area contributed by atoms with Crippen molar-refractivity contribution in [3.8, 4) is 17.4 Å². The second-order valence-electron chi connectivity index (χ2n) is 10.5. The second kappa shape index (κ2) is 9.63. The topological polar surface area (TPSA) is 42.4 Å². The molecule has 3 nitrogen and oxygen atoms in total. The van der Waals surface area contributed by atoms with E-state index in [4.69, 9.17) is 9.72 Å². The lowest BCUT2D eigenvalue weighted by Gasteiger charge is -2.25. The number of aromatic hydroxyl groups is 1. The Hall–Kier alpha value is -3.11. The van der Waals surface area contributed by atoms with Crippen LogP contribution in [0.15, 0.2) is 66.7 Å². The summed E-state index contributed by atoms with van der Waals surface area (Å²) in [6.45, 7) is 13.6. The molecule has 0 aliphatic carbocycles. The van der Waals surface area contributed by atoms with Gasteiger partial charge in [0.2, 0.25) is 5.88 Å². The molecule has 0 saturated heterocycles. The summed E-state index contributed by atoms with van der Waals surface area (Å²) in [4.78, 5) is 4.95. The number of nitrogens with zero attached hydrogens (tertiary/aromatic N) is 1. The molecule has 1 aromatic heterocycles. The molecule has 0 unspecified atom stereocenters. The van der Waals surface area contributed by atoms with Crippen molar-refractivity contribution in [1.82, 2.24) is 4.98 Å². The van der Waals surface area contributed by atoms with Crippen LogP contribution in [0.5, 0.6) is 17.4 Å². The van der Waals surface area contributed by atoms with E-state index in [-0.39, 0.29) is 5.41 Å². The van der Waals surface area contributed by atoms with Crippen molar-refractivity contribution in [3.63, 3.8) is 0 Å². The molecule has 0 amide bonds. The van der Waals surface area contributed by atoms with E-state index in [0.717, 1.165) is 35.4 Å². The van der Waals surface area contributed by atoms with Crippen molar-refractivity contribution >= 4 is 24.9 Å². The predicted octanol–water partition coefficient (Wildman–Crippen LogP) is 6.82. The van der Waals surface area contributed by atoms with Gasteiger partial charge < -0.3 is 9.84 Å². The third kappa shape index (κ3) is 5.17. The predicted molar refractivity (Wildman–Crippen MR) is 146 cm³/mol. The molecule has 4 aromatic rings. The lowest BCUT2D eigenvalue weighted by atomic mass is 9.81. The summed E-state index contributed by atoms with van der Waals surface area (Å²) in [5, 5.41) is 12.1. The fraction of sp³-hybridized carbons (Fsp3) is 0.300. The molecule has 0 radical (unpaired) electrons. The largest absolute Gasteiger partial charge is 0.508 e. The highest BCUT2D eigenvalue weighted by Crippen LogP contribution is 2.35. The number of hydrogen-bond acceptors (Lipinski definition) is 3. The van der Waals surface area contributed by atoms with E-state index >= 15 is 0 Å². The van der Waals surface area contributed by atoms with Gasteiger partial charge in [0.05, 0.1) is 14.3 Å². The maximum absolute atomic E-state index is 9.64. The number of phenolic OH excluding ortho intramolecular Hbond substituents is 1. The van der Waals surface area contributed by atoms with E-state index in [1.54, 1.807) is 12.1 Å². The highest BCUT2D eigenvalue weighted by atomic mass is 28.3. The number of aryl methyl sites for hydroxylation is 1. The van der Waals surface area contributed by atoms with Crippen molar-refractivity contribution in [2.24, 2.45) is 0 Å². The summed E-state index contributed by atoms with van der Waals surface area (Å²) in [7, 11) is -1.16. The number of para-hydroxylation sites is 1. The van der Waals surface area contributed by atoms with Crippen LogP contribution in [0.4, 0.5) is 0 Å². The van der Waals surface area contributed by atoms with Gasteiger partial charge in [-0.3, -0.25) is 0 Å². The van der Waals surface area contributed by atoms with Crippen molar-refractivity contribution in [1.29, 1.82) is 0 Å². The molecule has 4 rings (SSSR count). The van der Waals surface area contributed by atoms with Crippen LogP contribution in [0.1, 0.15) is 43.0 Å². The first kappa shape index (κ1) is 24.0. The van der Waals surface area contributed by atoms with Gasteiger partial charge in [-0.15, -0.1) is 0 Å². The molecular formula is C30H35NO2Si. The Kier molecular flexibility index (Phi) is 6.81. The van der Waals surface area contributed by atoms with E-state index in [0.29, 0.717) is 5.75 Å². The zero-order valence-electron chi connectivity index (χ0n) is 21.1. The fourth-order valence-corrected chi connectivity index (χ4v) is 5.73. The van der Waals surface area contributed by atoms with Gasteiger partial charge in [-0.1, -0.05) is 70.3 Å². The van der Waals surface area contributed by atoms with Crippen LogP contribution >= 0.6 is 0 Å². The Morgan fingerprint density at radius 3 is 2.29 bits per heavy atom. The molecule has 34 heavy (non-hydrogen) atoms. The standard InChI is InChI=1S/C30H35NO2Si/c1-20-24(16-13-21-11-14-23(32)15-12-21)27(18-17-25(20)30(2,3)4)33-29-28(34(5)6)19-22-9-7-8-10-26(22)31-29/h7-12,14-15,17-19,32,34H,13,16H2,1-6H3. The lowest BCUT2D eigenvalue weighted by Crippen LogP contribution is -2.25. The Bertz CT molecular complexity index is 1300. The number of hydrogen-bond donors (Lipinski definition) is 1. The molecule has 0 spiro atoms. The van der Waals surface area contributed by atoms with Gasteiger partial charge in [0.1, 0.15) is 11.5 Å². The van der Waals surface area contributed by atoms with Crippen molar-refractivity contribution in [2.75, 3.05) is 0 Å². The summed E-state index contributed by atoms with van der Waals surface area (Å²) in [5.74, 6) is 1.93. The smallest absolute Gasteiger partial charge is 0.218 e. The van der Waals surface area contributed by atoms with E-state index in [1.165, 1.54) is 27.4 Å². The normalized spacial score (nSPS) is 11.9. The van der Waals surface area contributed by atoms with Gasteiger partial charge in [0, 0.05) is 5.39 Å². The number of phenols is 1. The van der Waals surface area contributed by atoms with E-state index in [2.05, 4.69) is 71.1 Å². The minimum atomic E-state index is -1.16. The van der Waals surface area contributed by atoms with Crippen LogP contribution < -0.4 is 9.92 Å². The maximum atomic E-state index is 9.64. The lowest BCUT2D eigenvalue weighted by molar-refractivity contribution is 0.460. The van der Waals surface area contributed by atoms with Gasteiger partial charge in [-0.05, 0) is 83.0 Å². The highest BCUT2D eigenvalue weighted by molar-refractivity contribution is 6.71. The Morgan fingerprint density at radius 2 is 1.62 bits per heavy atom. The van der Waals surface area contributed by atoms with E-state index < -0.39 is 8.80 Å². The molecule has 0 atom stereocenters. The summed E-state index contributed by atoms with van der Waals surface area (Å²) in [6.07, 6.45) is 1.74. The molecule has 0 saturated carbocycles. The van der Waals surface area contributed by atoms with E-state index in [9.17, 15) is 5.11 Å². The first-order chi connectivity index (χ1) is 16.1. The number of benzene rings is 3. The van der Waals surface area contributed by atoms with Gasteiger partial charge >= 0.3 is 0 Å². The third-order valence-corrected chi connectivity index (χ3v) is 8.17. The number of fused-ring (bicyclic) bond motifs is 1. The molecule has 0 bridgehead atoms. The zero-order valence-corrected chi connectivity index (χ0v) is 22.3. The molecular weight excluding hydrogens is 434 g/mol. The summed E-state index contributed by atoms with van der Waals surface area (Å²) in [6, 6.07) is 22.4. The quantitative estimate of drug-likeness (QED) is 0.315. The Balaban J connectivity index is 1.77. The number of pyridine rings is 1. The average Bonchev–Trinajstić information content (AvgIpc) is 2.78. The molecule has 176 valence electrons. The first-order valence-electron chi connectivity index (χ1n) is 12.1. The number of rotatable bonds is 6. The number of aromatic nitrogens is 1. The van der Waals surface area contributed by atoms with E-state index in [1.807, 2.05) is 24.3 Å². The molecule has 0 aliphatic heterocycles. The summed E-state index contributed by atoms with van der Waals surface area (Å²) in [5.41, 5.74) is 6.06. The second-order valence-corrected chi connectivity index (χ2v) is 13.4. The average molecular weight is 470 g/mol. The minimum Gasteiger partial charge on any atom is -0.508 e. The van der Waals surface area contributed by atoms with Crippen molar-refractivity contribution in [3.05, 3.63) is 89.0 Å². The Morgan fingerprint density at radius 1 is 0.912 bits per heavy atom. The van der Waals surface area contributed by atoms with Crippen molar-refractivity contribution in [2.45, 2.75) is 59.0 Å². The van der Waals surface area contributed by atoms with Gasteiger partial charge in [0.15, 0.2) is 0 Å². The SMILES string of the molecule is Cc1c(C(C)(C)C)ccc(Oc2nc3ccccc3cc2[SiH](C)C)c1CCc1ccc(O)cc1. The molecule has 1 heterocycles. The zero-order chi connectivity index (χ0) is 24.5. The van der Waals surface area contributed by atoms with Crippen LogP contribution in [0.25, 0.3) is 10.9 Å². The minimum absolute atomic E-state index is 0.0487. The monoisotopic (exact) mass is 469 g/mol. The van der Waals surface area contributed by atoms with Crippen LogP contribution in [0, 0.1) is 6.92 Å². The van der Waals surface area contributed by atoms with Gasteiger partial charge in [0.25, 0.3) is 0 Å². The van der Waals surface area contributed by atoms with Crippen LogP contribution in [0.3, 0.4) is 0 Å². The molecule has 0 aliphatic rings. The van der Waals surface area contributed by atoms with Crippen molar-refractivity contribution < 1.29 is 9.84 Å². The molecule has 4 heteroatoms. The van der Waals surface area contributed by atoms with Gasteiger partial charge in [-0.25, -0.2) is 4.98 Å². The fourth-order valence-electron chi connectivity index (χ4n) is 4.60. The summed E-state index contributed by atoms with van der Waals surface area (Å²) >= 11 is 0. The maximum Gasteiger partial charge on any atom is 0.218 e. The summed E-state index contributed by atoms with van der Waals surface area (Å²) < 4.78 is 6.65.